The third-order valence-corrected chi connectivity index (χ3v) is 2.74. The van der Waals surface area contributed by atoms with Crippen molar-refractivity contribution in [2.24, 2.45) is 0 Å². The lowest BCUT2D eigenvalue weighted by molar-refractivity contribution is 0.603. The Bertz CT molecular complexity index is 427. The summed E-state index contributed by atoms with van der Waals surface area (Å²) >= 11 is 0. The van der Waals surface area contributed by atoms with Gasteiger partial charge in [0.15, 0.2) is 8.46 Å². The van der Waals surface area contributed by atoms with E-state index in [9.17, 15) is 4.57 Å². The van der Waals surface area contributed by atoms with E-state index in [4.69, 9.17) is 0 Å². The lowest BCUT2D eigenvalue weighted by atomic mass is 10.1. The maximum atomic E-state index is 10.1. The zero-order chi connectivity index (χ0) is 12.7. The van der Waals surface area contributed by atoms with Crippen molar-refractivity contribution < 1.29 is 4.57 Å². The second-order valence-electron chi connectivity index (χ2n) is 4.09. The lowest BCUT2D eigenvalue weighted by Gasteiger charge is -1.96. The molecule has 88 valence electrons. The van der Waals surface area contributed by atoms with Gasteiger partial charge < -0.3 is 0 Å². The maximum Gasteiger partial charge on any atom is 0.192 e. The highest BCUT2D eigenvalue weighted by Crippen LogP contribution is 2.06. The SMILES string of the molecule is Cc1cc(C)cc(C)c1.O=Pc1ccccc1. The first-order valence-electron chi connectivity index (χ1n) is 5.55. The summed E-state index contributed by atoms with van der Waals surface area (Å²) in [5.41, 5.74) is 4.06. The maximum absolute atomic E-state index is 10.1. The fourth-order valence-corrected chi connectivity index (χ4v) is 1.99. The Morgan fingerprint density at radius 2 is 1.18 bits per heavy atom. The highest BCUT2D eigenvalue weighted by molar-refractivity contribution is 7.34. The van der Waals surface area contributed by atoms with Crippen molar-refractivity contribution in [1.82, 2.24) is 0 Å². The average Bonchev–Trinajstić information content (AvgIpc) is 2.29. The van der Waals surface area contributed by atoms with Gasteiger partial charge in [-0.25, -0.2) is 0 Å². The molecule has 0 amide bonds. The van der Waals surface area contributed by atoms with Crippen LogP contribution in [-0.4, -0.2) is 0 Å². The van der Waals surface area contributed by atoms with Gasteiger partial charge >= 0.3 is 0 Å². The van der Waals surface area contributed by atoms with E-state index in [0.717, 1.165) is 5.30 Å². The van der Waals surface area contributed by atoms with Crippen LogP contribution in [0.4, 0.5) is 0 Å². The summed E-state index contributed by atoms with van der Waals surface area (Å²) in [5, 5.41) is 0.826. The van der Waals surface area contributed by atoms with Gasteiger partial charge in [0, 0.05) is 5.30 Å². The molecule has 0 saturated heterocycles. The highest BCUT2D eigenvalue weighted by Gasteiger charge is 1.87. The van der Waals surface area contributed by atoms with Crippen LogP contribution >= 0.6 is 8.46 Å². The molecule has 2 aromatic carbocycles. The van der Waals surface area contributed by atoms with Crippen molar-refractivity contribution in [3.63, 3.8) is 0 Å². The monoisotopic (exact) mass is 244 g/mol. The van der Waals surface area contributed by atoms with E-state index in [2.05, 4.69) is 39.0 Å². The van der Waals surface area contributed by atoms with Crippen molar-refractivity contribution in [1.29, 1.82) is 0 Å². The normalized spacial score (nSPS) is 9.59. The molecule has 0 aromatic heterocycles. The minimum atomic E-state index is 0.0994. The van der Waals surface area contributed by atoms with Gasteiger partial charge in [-0.15, -0.1) is 0 Å². The standard InChI is InChI=1S/C9H12.C6H5OP/c1-7-4-8(2)6-9(3)5-7;7-8-6-4-2-1-3-5-6/h4-6H,1-3H3;1-5H. The van der Waals surface area contributed by atoms with Gasteiger partial charge in [0.1, 0.15) is 0 Å². The predicted molar refractivity (Wildman–Crippen MR) is 74.3 cm³/mol. The third kappa shape index (κ3) is 5.42. The molecular weight excluding hydrogens is 227 g/mol. The number of benzene rings is 2. The minimum absolute atomic E-state index is 0.0994. The molecule has 0 heterocycles. The Morgan fingerprint density at radius 3 is 1.47 bits per heavy atom. The van der Waals surface area contributed by atoms with Crippen LogP contribution in [0.2, 0.25) is 0 Å². The van der Waals surface area contributed by atoms with Crippen LogP contribution in [0.5, 0.6) is 0 Å². The van der Waals surface area contributed by atoms with Gasteiger partial charge in [0.05, 0.1) is 0 Å². The topological polar surface area (TPSA) is 17.1 Å². The Hall–Kier alpha value is -1.46. The van der Waals surface area contributed by atoms with Crippen LogP contribution < -0.4 is 5.30 Å². The molecule has 0 saturated carbocycles. The molecule has 0 radical (unpaired) electrons. The second kappa shape index (κ2) is 6.98. The van der Waals surface area contributed by atoms with Crippen LogP contribution in [0.1, 0.15) is 16.7 Å². The van der Waals surface area contributed by atoms with E-state index in [-0.39, 0.29) is 8.46 Å². The van der Waals surface area contributed by atoms with E-state index >= 15 is 0 Å². The summed E-state index contributed by atoms with van der Waals surface area (Å²) in [5.74, 6) is 0. The van der Waals surface area contributed by atoms with E-state index in [1.807, 2.05) is 30.3 Å². The summed E-state index contributed by atoms with van der Waals surface area (Å²) in [7, 11) is 0.0994. The smallest absolute Gasteiger partial charge is 0.192 e. The summed E-state index contributed by atoms with van der Waals surface area (Å²) in [6.45, 7) is 6.38. The fourth-order valence-electron chi connectivity index (χ4n) is 1.69. The van der Waals surface area contributed by atoms with Crippen LogP contribution in [0.15, 0.2) is 48.5 Å². The second-order valence-corrected chi connectivity index (χ2v) is 4.79. The largest absolute Gasteiger partial charge is 0.269 e. The molecule has 0 atom stereocenters. The van der Waals surface area contributed by atoms with Gasteiger partial charge in [-0.3, -0.25) is 4.57 Å². The van der Waals surface area contributed by atoms with Crippen molar-refractivity contribution in [3.05, 3.63) is 65.2 Å². The molecule has 1 nitrogen and oxygen atoms in total. The quantitative estimate of drug-likeness (QED) is 0.686. The molecule has 0 spiro atoms. The number of hydrogen-bond acceptors (Lipinski definition) is 1. The van der Waals surface area contributed by atoms with Gasteiger partial charge in [0.2, 0.25) is 0 Å². The Labute approximate surface area is 105 Å². The first-order chi connectivity index (χ1) is 8.11. The lowest BCUT2D eigenvalue weighted by Crippen LogP contribution is -1.84. The fraction of sp³-hybridized carbons (Fsp3) is 0.200. The van der Waals surface area contributed by atoms with E-state index in [1.165, 1.54) is 16.7 Å². The van der Waals surface area contributed by atoms with Crippen LogP contribution in [-0.2, 0) is 4.57 Å². The molecule has 0 unspecified atom stereocenters. The summed E-state index contributed by atoms with van der Waals surface area (Å²) in [6, 6.07) is 15.8. The van der Waals surface area contributed by atoms with Crippen LogP contribution in [0.3, 0.4) is 0 Å². The molecule has 0 aliphatic rings. The van der Waals surface area contributed by atoms with Gasteiger partial charge in [-0.2, -0.15) is 0 Å². The van der Waals surface area contributed by atoms with Crippen molar-refractivity contribution in [2.45, 2.75) is 20.8 Å². The molecule has 2 aromatic rings. The summed E-state index contributed by atoms with van der Waals surface area (Å²) in [4.78, 5) is 0. The predicted octanol–water partition coefficient (Wildman–Crippen LogP) is 4.22. The highest BCUT2D eigenvalue weighted by atomic mass is 31.1. The Kier molecular flexibility index (Phi) is 5.59. The molecule has 0 N–H and O–H groups in total. The molecular formula is C15H17OP. The molecule has 0 fully saturated rings. The molecule has 0 aliphatic heterocycles. The summed E-state index contributed by atoms with van der Waals surface area (Å²) < 4.78 is 10.1. The molecule has 0 bridgehead atoms. The van der Waals surface area contributed by atoms with Gasteiger partial charge in [-0.1, -0.05) is 53.1 Å². The summed E-state index contributed by atoms with van der Waals surface area (Å²) in [6.07, 6.45) is 0. The van der Waals surface area contributed by atoms with Crippen LogP contribution in [0.25, 0.3) is 0 Å². The number of aryl methyl sites for hydroxylation is 3. The molecule has 0 aliphatic carbocycles. The van der Waals surface area contributed by atoms with Crippen LogP contribution in [0, 0.1) is 20.8 Å². The van der Waals surface area contributed by atoms with Crippen molar-refractivity contribution >= 4 is 13.8 Å². The Balaban J connectivity index is 0.000000171. The Morgan fingerprint density at radius 1 is 0.765 bits per heavy atom. The van der Waals surface area contributed by atoms with E-state index in [0.29, 0.717) is 0 Å². The van der Waals surface area contributed by atoms with Crippen molar-refractivity contribution in [3.8, 4) is 0 Å². The average molecular weight is 244 g/mol. The zero-order valence-corrected chi connectivity index (χ0v) is 11.4. The zero-order valence-electron chi connectivity index (χ0n) is 10.5. The minimum Gasteiger partial charge on any atom is -0.269 e. The third-order valence-electron chi connectivity index (χ3n) is 2.23. The first-order valence-corrected chi connectivity index (χ1v) is 6.36. The van der Waals surface area contributed by atoms with Crippen molar-refractivity contribution in [2.75, 3.05) is 0 Å². The molecule has 17 heavy (non-hydrogen) atoms. The van der Waals surface area contributed by atoms with E-state index in [1.54, 1.807) is 0 Å². The van der Waals surface area contributed by atoms with E-state index < -0.39 is 0 Å². The van der Waals surface area contributed by atoms with Gasteiger partial charge in [0.25, 0.3) is 0 Å². The molecule has 2 heteroatoms. The number of rotatable bonds is 1. The first kappa shape index (κ1) is 13.6. The number of hydrogen-bond donors (Lipinski definition) is 0. The molecule has 2 rings (SSSR count). The van der Waals surface area contributed by atoms with Gasteiger partial charge in [-0.05, 0) is 32.9 Å².